The van der Waals surface area contributed by atoms with Crippen molar-refractivity contribution in [2.45, 2.75) is 0 Å². The van der Waals surface area contributed by atoms with Crippen LogP contribution in [0.2, 0.25) is 0 Å². The number of hydrazone groups is 1. The van der Waals surface area contributed by atoms with E-state index in [0.29, 0.717) is 0 Å². The fraction of sp³-hybridized carbons (Fsp3) is 0.0526. The molecule has 0 aliphatic heterocycles. The fourth-order valence-electron chi connectivity index (χ4n) is 2.33. The van der Waals surface area contributed by atoms with Crippen molar-refractivity contribution in [3.8, 4) is 5.75 Å². The molecule has 120 valence electrons. The molecule has 0 saturated heterocycles. The van der Waals surface area contributed by atoms with Gasteiger partial charge in [-0.25, -0.2) is 5.43 Å². The van der Waals surface area contributed by atoms with Gasteiger partial charge in [0.2, 0.25) is 0 Å². The molecule has 0 aliphatic carbocycles. The van der Waals surface area contributed by atoms with E-state index < -0.39 is 0 Å². The number of phenolic OH excluding ortho intramolecular Hbond substituents is 1. The molecule has 1 amide bonds. The topological polar surface area (TPSA) is 73.7 Å². The highest BCUT2D eigenvalue weighted by atomic mass is 16.3. The van der Waals surface area contributed by atoms with Gasteiger partial charge in [-0.3, -0.25) is 4.79 Å². The Morgan fingerprint density at radius 2 is 1.75 bits per heavy atom. The average Bonchev–Trinajstić information content (AvgIpc) is 2.61. The van der Waals surface area contributed by atoms with Crippen molar-refractivity contribution in [3.05, 3.63) is 72.3 Å². The average molecular weight is 319 g/mol. The summed E-state index contributed by atoms with van der Waals surface area (Å²) in [6.07, 6.45) is 1.52. The van der Waals surface area contributed by atoms with Crippen LogP contribution in [-0.2, 0) is 4.79 Å². The van der Waals surface area contributed by atoms with Gasteiger partial charge >= 0.3 is 0 Å². The first-order chi connectivity index (χ1) is 11.7. The number of rotatable bonds is 5. The SMILES string of the molecule is O=C(CNc1cccc2ccccc12)N/N=C/c1ccc(O)cc1. The van der Waals surface area contributed by atoms with E-state index >= 15 is 0 Å². The first-order valence-electron chi connectivity index (χ1n) is 7.55. The maximum absolute atomic E-state index is 11.9. The number of carbonyl (C=O) groups excluding carboxylic acids is 1. The fourth-order valence-corrected chi connectivity index (χ4v) is 2.33. The molecule has 5 nitrogen and oxygen atoms in total. The third-order valence-corrected chi connectivity index (χ3v) is 3.52. The van der Waals surface area contributed by atoms with Crippen LogP contribution < -0.4 is 10.7 Å². The molecule has 3 aromatic rings. The number of hydrogen-bond donors (Lipinski definition) is 3. The molecular formula is C19H17N3O2. The normalized spacial score (nSPS) is 10.8. The van der Waals surface area contributed by atoms with Crippen molar-refractivity contribution in [1.29, 1.82) is 0 Å². The van der Waals surface area contributed by atoms with E-state index in [1.54, 1.807) is 24.3 Å². The number of hydrogen-bond acceptors (Lipinski definition) is 4. The number of aromatic hydroxyl groups is 1. The minimum atomic E-state index is -0.238. The highest BCUT2D eigenvalue weighted by Crippen LogP contribution is 2.22. The van der Waals surface area contributed by atoms with Gasteiger partial charge in [0.15, 0.2) is 0 Å². The zero-order valence-corrected chi connectivity index (χ0v) is 12.9. The van der Waals surface area contributed by atoms with Gasteiger partial charge in [0, 0.05) is 11.1 Å². The minimum Gasteiger partial charge on any atom is -0.508 e. The van der Waals surface area contributed by atoms with Gasteiger partial charge in [-0.05, 0) is 41.3 Å². The summed E-state index contributed by atoms with van der Waals surface area (Å²) in [5.41, 5.74) is 4.16. The number of fused-ring (bicyclic) bond motifs is 1. The Morgan fingerprint density at radius 1 is 1.00 bits per heavy atom. The lowest BCUT2D eigenvalue weighted by Gasteiger charge is -2.08. The van der Waals surface area contributed by atoms with E-state index in [4.69, 9.17) is 0 Å². The van der Waals surface area contributed by atoms with Crippen LogP contribution in [-0.4, -0.2) is 23.8 Å². The van der Waals surface area contributed by atoms with Crippen molar-refractivity contribution in [2.24, 2.45) is 5.10 Å². The van der Waals surface area contributed by atoms with Crippen LogP contribution in [0.1, 0.15) is 5.56 Å². The molecule has 0 bridgehead atoms. The molecular weight excluding hydrogens is 302 g/mol. The molecule has 3 N–H and O–H groups in total. The van der Waals surface area contributed by atoms with E-state index in [0.717, 1.165) is 22.0 Å². The number of carbonyl (C=O) groups is 1. The number of nitrogens with zero attached hydrogens (tertiary/aromatic N) is 1. The van der Waals surface area contributed by atoms with Gasteiger partial charge in [0.05, 0.1) is 12.8 Å². The van der Waals surface area contributed by atoms with Gasteiger partial charge in [-0.15, -0.1) is 0 Å². The lowest BCUT2D eigenvalue weighted by Crippen LogP contribution is -2.25. The van der Waals surface area contributed by atoms with Gasteiger partial charge in [0.25, 0.3) is 5.91 Å². The van der Waals surface area contributed by atoms with Crippen LogP contribution in [0.15, 0.2) is 71.8 Å². The second-order valence-corrected chi connectivity index (χ2v) is 5.26. The Morgan fingerprint density at radius 3 is 2.58 bits per heavy atom. The summed E-state index contributed by atoms with van der Waals surface area (Å²) in [6, 6.07) is 20.5. The summed E-state index contributed by atoms with van der Waals surface area (Å²) < 4.78 is 0. The van der Waals surface area contributed by atoms with Crippen molar-refractivity contribution < 1.29 is 9.90 Å². The highest BCUT2D eigenvalue weighted by molar-refractivity contribution is 5.95. The van der Waals surface area contributed by atoms with Crippen LogP contribution in [0.4, 0.5) is 5.69 Å². The number of nitrogens with one attached hydrogen (secondary N) is 2. The molecule has 0 atom stereocenters. The van der Waals surface area contributed by atoms with Crippen LogP contribution in [0.25, 0.3) is 10.8 Å². The minimum absolute atomic E-state index is 0.126. The zero-order chi connectivity index (χ0) is 16.8. The Hall–Kier alpha value is -3.34. The van der Waals surface area contributed by atoms with E-state index in [9.17, 15) is 9.90 Å². The molecule has 3 rings (SSSR count). The molecule has 0 spiro atoms. The van der Waals surface area contributed by atoms with E-state index in [1.807, 2.05) is 42.5 Å². The molecule has 24 heavy (non-hydrogen) atoms. The van der Waals surface area contributed by atoms with Crippen molar-refractivity contribution in [3.63, 3.8) is 0 Å². The molecule has 5 heteroatoms. The summed E-state index contributed by atoms with van der Waals surface area (Å²) >= 11 is 0. The standard InChI is InChI=1S/C19H17N3O2/c23-16-10-8-14(9-11-16)12-21-22-19(24)13-20-18-7-3-5-15-4-1-2-6-17(15)18/h1-12,20,23H,13H2,(H,22,24)/b21-12+. The van der Waals surface area contributed by atoms with Gasteiger partial charge in [-0.2, -0.15) is 5.10 Å². The first kappa shape index (κ1) is 15.6. The Balaban J connectivity index is 1.56. The van der Waals surface area contributed by atoms with Crippen molar-refractivity contribution in [2.75, 3.05) is 11.9 Å². The molecule has 0 heterocycles. The quantitative estimate of drug-likeness (QED) is 0.500. The second kappa shape index (κ2) is 7.28. The Bertz CT molecular complexity index is 868. The lowest BCUT2D eigenvalue weighted by atomic mass is 10.1. The predicted octanol–water partition coefficient (Wildman–Crippen LogP) is 3.11. The molecule has 0 unspecified atom stereocenters. The van der Waals surface area contributed by atoms with Crippen molar-refractivity contribution >= 4 is 28.6 Å². The molecule has 3 aromatic carbocycles. The maximum Gasteiger partial charge on any atom is 0.259 e. The van der Waals surface area contributed by atoms with E-state index in [1.165, 1.54) is 6.21 Å². The maximum atomic E-state index is 11.9. The highest BCUT2D eigenvalue weighted by Gasteiger charge is 2.02. The Kier molecular flexibility index (Phi) is 4.72. The summed E-state index contributed by atoms with van der Waals surface area (Å²) in [6.45, 7) is 0.126. The molecule has 0 radical (unpaired) electrons. The lowest BCUT2D eigenvalue weighted by molar-refractivity contribution is -0.119. The van der Waals surface area contributed by atoms with Gasteiger partial charge in [-0.1, -0.05) is 36.4 Å². The largest absolute Gasteiger partial charge is 0.508 e. The van der Waals surface area contributed by atoms with Crippen molar-refractivity contribution in [1.82, 2.24) is 5.43 Å². The molecule has 0 aliphatic rings. The predicted molar refractivity (Wildman–Crippen MR) is 96.3 cm³/mol. The molecule has 0 saturated carbocycles. The monoisotopic (exact) mass is 319 g/mol. The molecule has 0 fully saturated rings. The summed E-state index contributed by atoms with van der Waals surface area (Å²) in [5, 5.41) is 18.4. The third-order valence-electron chi connectivity index (χ3n) is 3.52. The number of anilines is 1. The Labute approximate surface area is 139 Å². The second-order valence-electron chi connectivity index (χ2n) is 5.26. The number of benzene rings is 3. The van der Waals surface area contributed by atoms with Crippen LogP contribution >= 0.6 is 0 Å². The van der Waals surface area contributed by atoms with Gasteiger partial charge < -0.3 is 10.4 Å². The van der Waals surface area contributed by atoms with Crippen LogP contribution in [0.3, 0.4) is 0 Å². The van der Waals surface area contributed by atoms with E-state index in [2.05, 4.69) is 15.8 Å². The van der Waals surface area contributed by atoms with Gasteiger partial charge in [0.1, 0.15) is 5.75 Å². The molecule has 0 aromatic heterocycles. The summed E-state index contributed by atoms with van der Waals surface area (Å²) in [5.74, 6) is -0.0477. The zero-order valence-electron chi connectivity index (χ0n) is 12.9. The summed E-state index contributed by atoms with van der Waals surface area (Å²) in [7, 11) is 0. The van der Waals surface area contributed by atoms with Crippen LogP contribution in [0.5, 0.6) is 5.75 Å². The van der Waals surface area contributed by atoms with Crippen LogP contribution in [0, 0.1) is 0 Å². The van der Waals surface area contributed by atoms with E-state index in [-0.39, 0.29) is 18.2 Å². The number of amides is 1. The first-order valence-corrected chi connectivity index (χ1v) is 7.55. The smallest absolute Gasteiger partial charge is 0.259 e. The number of phenols is 1. The summed E-state index contributed by atoms with van der Waals surface area (Å²) in [4.78, 5) is 11.9. The third kappa shape index (κ3) is 3.89.